The van der Waals surface area contributed by atoms with Gasteiger partial charge in [0.05, 0.1) is 16.8 Å². The van der Waals surface area contributed by atoms with Gasteiger partial charge in [-0.2, -0.15) is 5.10 Å². The Balaban J connectivity index is 2.27. The summed E-state index contributed by atoms with van der Waals surface area (Å²) in [6.45, 7) is 1.30. The first-order chi connectivity index (χ1) is 9.78. The van der Waals surface area contributed by atoms with E-state index in [1.807, 2.05) is 0 Å². The summed E-state index contributed by atoms with van der Waals surface area (Å²) >= 11 is 5.81. The number of nitrogens with zero attached hydrogens (tertiary/aromatic N) is 2. The van der Waals surface area contributed by atoms with E-state index in [4.69, 9.17) is 16.7 Å². The zero-order chi connectivity index (χ0) is 15.6. The van der Waals surface area contributed by atoms with E-state index in [0.717, 1.165) is 4.68 Å². The SMILES string of the molecule is Cc1ccc(Cl)cc1S(=O)(=O)Nc1cnn(CC(=O)O)c1. The van der Waals surface area contributed by atoms with E-state index in [0.29, 0.717) is 10.6 Å². The second kappa shape index (κ2) is 5.74. The molecule has 9 heteroatoms. The summed E-state index contributed by atoms with van der Waals surface area (Å²) in [6.07, 6.45) is 2.53. The summed E-state index contributed by atoms with van der Waals surface area (Å²) in [5.41, 5.74) is 0.723. The van der Waals surface area contributed by atoms with E-state index in [1.54, 1.807) is 19.1 Å². The van der Waals surface area contributed by atoms with Gasteiger partial charge in [0, 0.05) is 11.2 Å². The predicted octanol–water partition coefficient (Wildman–Crippen LogP) is 1.73. The van der Waals surface area contributed by atoms with Crippen LogP contribution < -0.4 is 4.72 Å². The van der Waals surface area contributed by atoms with E-state index < -0.39 is 16.0 Å². The number of nitrogens with one attached hydrogen (secondary N) is 1. The highest BCUT2D eigenvalue weighted by Crippen LogP contribution is 2.22. The number of aryl methyl sites for hydroxylation is 1. The molecule has 0 bridgehead atoms. The van der Waals surface area contributed by atoms with Crippen LogP contribution >= 0.6 is 11.6 Å². The molecule has 0 spiro atoms. The Hall–Kier alpha value is -2.06. The fourth-order valence-electron chi connectivity index (χ4n) is 1.71. The maximum Gasteiger partial charge on any atom is 0.325 e. The number of hydrogen-bond acceptors (Lipinski definition) is 4. The van der Waals surface area contributed by atoms with Crippen LogP contribution in [0.1, 0.15) is 5.56 Å². The number of rotatable bonds is 5. The van der Waals surface area contributed by atoms with Crippen molar-refractivity contribution < 1.29 is 18.3 Å². The van der Waals surface area contributed by atoms with Gasteiger partial charge in [0.1, 0.15) is 6.54 Å². The lowest BCUT2D eigenvalue weighted by Gasteiger charge is -2.09. The maximum atomic E-state index is 12.3. The van der Waals surface area contributed by atoms with Gasteiger partial charge < -0.3 is 5.11 Å². The molecule has 0 aliphatic rings. The van der Waals surface area contributed by atoms with Crippen molar-refractivity contribution in [3.8, 4) is 0 Å². The van der Waals surface area contributed by atoms with Gasteiger partial charge in [0.2, 0.25) is 0 Å². The molecule has 0 unspecified atom stereocenters. The number of carbonyl (C=O) groups is 1. The highest BCUT2D eigenvalue weighted by Gasteiger charge is 2.18. The van der Waals surface area contributed by atoms with E-state index >= 15 is 0 Å². The molecule has 1 aromatic carbocycles. The third-order valence-electron chi connectivity index (χ3n) is 2.62. The molecule has 0 amide bonds. The Morgan fingerprint density at radius 3 is 2.86 bits per heavy atom. The van der Waals surface area contributed by atoms with Crippen LogP contribution in [-0.4, -0.2) is 29.3 Å². The smallest absolute Gasteiger partial charge is 0.325 e. The van der Waals surface area contributed by atoms with Gasteiger partial charge in [-0.15, -0.1) is 0 Å². The minimum atomic E-state index is -3.82. The molecular formula is C12H12ClN3O4S. The monoisotopic (exact) mass is 329 g/mol. The summed E-state index contributed by atoms with van der Waals surface area (Å²) in [5, 5.41) is 12.7. The predicted molar refractivity (Wildman–Crippen MR) is 76.9 cm³/mol. The number of sulfonamides is 1. The molecule has 2 N–H and O–H groups in total. The van der Waals surface area contributed by atoms with Gasteiger partial charge in [-0.1, -0.05) is 17.7 Å². The third-order valence-corrected chi connectivity index (χ3v) is 4.38. The normalized spacial score (nSPS) is 11.3. The van der Waals surface area contributed by atoms with Gasteiger partial charge in [0.15, 0.2) is 0 Å². The molecule has 2 aromatic rings. The van der Waals surface area contributed by atoms with E-state index in [2.05, 4.69) is 9.82 Å². The molecule has 1 heterocycles. The number of aliphatic carboxylic acids is 1. The molecule has 0 radical (unpaired) electrons. The molecule has 0 saturated heterocycles. The molecule has 0 atom stereocenters. The van der Waals surface area contributed by atoms with Crippen LogP contribution in [0.4, 0.5) is 5.69 Å². The molecule has 21 heavy (non-hydrogen) atoms. The van der Waals surface area contributed by atoms with E-state index in [9.17, 15) is 13.2 Å². The molecule has 112 valence electrons. The molecule has 0 saturated carbocycles. The molecule has 0 aliphatic carbocycles. The number of carboxylic acid groups (broad SMARTS) is 1. The van der Waals surface area contributed by atoms with Crippen LogP contribution in [0.3, 0.4) is 0 Å². The maximum absolute atomic E-state index is 12.3. The fourth-order valence-corrected chi connectivity index (χ4v) is 3.25. The molecule has 2 rings (SSSR count). The van der Waals surface area contributed by atoms with Crippen LogP contribution in [-0.2, 0) is 21.4 Å². The Labute approximate surface area is 126 Å². The summed E-state index contributed by atoms with van der Waals surface area (Å²) in [6, 6.07) is 4.55. The molecule has 7 nitrogen and oxygen atoms in total. The minimum absolute atomic E-state index is 0.0565. The lowest BCUT2D eigenvalue weighted by molar-refractivity contribution is -0.137. The van der Waals surface area contributed by atoms with Crippen molar-refractivity contribution in [2.24, 2.45) is 0 Å². The van der Waals surface area contributed by atoms with Crippen molar-refractivity contribution >= 4 is 33.3 Å². The number of anilines is 1. The van der Waals surface area contributed by atoms with Crippen LogP contribution in [0.2, 0.25) is 5.02 Å². The first kappa shape index (κ1) is 15.3. The number of carboxylic acids is 1. The van der Waals surface area contributed by atoms with Crippen molar-refractivity contribution in [1.82, 2.24) is 9.78 Å². The summed E-state index contributed by atoms with van der Waals surface area (Å²) in [7, 11) is -3.82. The second-order valence-electron chi connectivity index (χ2n) is 4.34. The van der Waals surface area contributed by atoms with Crippen LogP contribution in [0.25, 0.3) is 0 Å². The average Bonchev–Trinajstić information content (AvgIpc) is 2.77. The number of halogens is 1. The molecule has 0 aliphatic heterocycles. The van der Waals surface area contributed by atoms with Crippen LogP contribution in [0.15, 0.2) is 35.5 Å². The van der Waals surface area contributed by atoms with Gasteiger partial charge >= 0.3 is 5.97 Å². The van der Waals surface area contributed by atoms with Crippen LogP contribution in [0, 0.1) is 6.92 Å². The third kappa shape index (κ3) is 3.73. The Morgan fingerprint density at radius 2 is 2.19 bits per heavy atom. The fraction of sp³-hybridized carbons (Fsp3) is 0.167. The summed E-state index contributed by atoms with van der Waals surface area (Å²) in [5.74, 6) is -1.07. The lowest BCUT2D eigenvalue weighted by Crippen LogP contribution is -2.14. The standard InChI is InChI=1S/C12H12ClN3O4S/c1-8-2-3-9(13)4-11(8)21(19,20)15-10-5-14-16(6-10)7-12(17)18/h2-6,15H,7H2,1H3,(H,17,18). The topological polar surface area (TPSA) is 101 Å². The quantitative estimate of drug-likeness (QED) is 0.869. The number of benzene rings is 1. The van der Waals surface area contributed by atoms with E-state index in [1.165, 1.54) is 18.5 Å². The minimum Gasteiger partial charge on any atom is -0.480 e. The largest absolute Gasteiger partial charge is 0.480 e. The first-order valence-electron chi connectivity index (χ1n) is 5.81. The Morgan fingerprint density at radius 1 is 1.48 bits per heavy atom. The molecule has 1 aromatic heterocycles. The Kier molecular flexibility index (Phi) is 4.19. The summed E-state index contributed by atoms with van der Waals surface area (Å²) in [4.78, 5) is 10.6. The highest BCUT2D eigenvalue weighted by molar-refractivity contribution is 7.92. The van der Waals surface area contributed by atoms with Crippen LogP contribution in [0.5, 0.6) is 0 Å². The lowest BCUT2D eigenvalue weighted by atomic mass is 10.2. The van der Waals surface area contributed by atoms with Crippen molar-refractivity contribution in [2.75, 3.05) is 4.72 Å². The molecule has 0 fully saturated rings. The van der Waals surface area contributed by atoms with Gasteiger partial charge in [-0.3, -0.25) is 14.2 Å². The van der Waals surface area contributed by atoms with Gasteiger partial charge in [0.25, 0.3) is 10.0 Å². The van der Waals surface area contributed by atoms with Gasteiger partial charge in [-0.05, 0) is 24.6 Å². The highest BCUT2D eigenvalue weighted by atomic mass is 35.5. The van der Waals surface area contributed by atoms with Crippen molar-refractivity contribution in [1.29, 1.82) is 0 Å². The van der Waals surface area contributed by atoms with Crippen molar-refractivity contribution in [3.05, 3.63) is 41.2 Å². The number of hydrogen-bond donors (Lipinski definition) is 2. The second-order valence-corrected chi connectivity index (χ2v) is 6.42. The molecular weight excluding hydrogens is 318 g/mol. The zero-order valence-electron chi connectivity index (χ0n) is 10.9. The number of aromatic nitrogens is 2. The summed E-state index contributed by atoms with van der Waals surface area (Å²) < 4.78 is 28.0. The average molecular weight is 330 g/mol. The zero-order valence-corrected chi connectivity index (χ0v) is 12.5. The van der Waals surface area contributed by atoms with E-state index in [-0.39, 0.29) is 17.1 Å². The first-order valence-corrected chi connectivity index (χ1v) is 7.67. The van der Waals surface area contributed by atoms with Crippen molar-refractivity contribution in [3.63, 3.8) is 0 Å². The van der Waals surface area contributed by atoms with Gasteiger partial charge in [-0.25, -0.2) is 8.42 Å². The van der Waals surface area contributed by atoms with Crippen molar-refractivity contribution in [2.45, 2.75) is 18.4 Å². The Bertz CT molecular complexity index is 786.